The summed E-state index contributed by atoms with van der Waals surface area (Å²) in [6.45, 7) is 0. The average Bonchev–Trinajstić information content (AvgIpc) is 2.62. The maximum absolute atomic E-state index is 12.4. The zero-order valence-electron chi connectivity index (χ0n) is 12.9. The van der Waals surface area contributed by atoms with Gasteiger partial charge in [0.25, 0.3) is 5.91 Å². The number of carbonyl (C=O) groups excluding carboxylic acids is 1. The van der Waals surface area contributed by atoms with Gasteiger partial charge in [0.1, 0.15) is 6.04 Å². The number of nitrogens with one attached hydrogen (secondary N) is 2. The minimum Gasteiger partial charge on any atom is -0.289 e. The van der Waals surface area contributed by atoms with Crippen LogP contribution in [-0.4, -0.2) is 25.6 Å². The highest BCUT2D eigenvalue weighted by atomic mass is 32.2. The summed E-state index contributed by atoms with van der Waals surface area (Å²) < 4.78 is 27.1. The molecule has 0 aliphatic heterocycles. The molecule has 1 unspecified atom stereocenters. The standard InChI is InChI=1S/C15H15N5O4S/c16-20-17-12-6-8-13(9-7-12)25(23,24)19-14(15(21)18-22)10-11-4-2-1-3-5-11/h1-9,14,19,22H,10H2,(H,18,21). The second-order valence-electron chi connectivity index (χ2n) is 5.02. The number of benzene rings is 2. The fourth-order valence-electron chi connectivity index (χ4n) is 2.11. The lowest BCUT2D eigenvalue weighted by molar-refractivity contribution is -0.130. The third kappa shape index (κ3) is 5.03. The third-order valence-electron chi connectivity index (χ3n) is 3.31. The van der Waals surface area contributed by atoms with E-state index in [1.54, 1.807) is 30.3 Å². The fourth-order valence-corrected chi connectivity index (χ4v) is 3.31. The van der Waals surface area contributed by atoms with Crippen LogP contribution in [0.2, 0.25) is 0 Å². The maximum Gasteiger partial charge on any atom is 0.261 e. The van der Waals surface area contributed by atoms with Crippen molar-refractivity contribution in [3.05, 3.63) is 70.6 Å². The predicted molar refractivity (Wildman–Crippen MR) is 89.4 cm³/mol. The van der Waals surface area contributed by atoms with E-state index >= 15 is 0 Å². The fraction of sp³-hybridized carbons (Fsp3) is 0.133. The van der Waals surface area contributed by atoms with Crippen molar-refractivity contribution in [2.75, 3.05) is 0 Å². The number of amides is 1. The van der Waals surface area contributed by atoms with Gasteiger partial charge >= 0.3 is 0 Å². The van der Waals surface area contributed by atoms with Crippen molar-refractivity contribution < 1.29 is 18.4 Å². The van der Waals surface area contributed by atoms with E-state index in [9.17, 15) is 13.2 Å². The Bertz CT molecular complexity index is 878. The molecule has 25 heavy (non-hydrogen) atoms. The smallest absolute Gasteiger partial charge is 0.261 e. The first-order chi connectivity index (χ1) is 12.0. The zero-order valence-corrected chi connectivity index (χ0v) is 13.7. The van der Waals surface area contributed by atoms with Crippen LogP contribution in [0.3, 0.4) is 0 Å². The number of nitrogens with zero attached hydrogens (tertiary/aromatic N) is 3. The molecule has 0 fully saturated rings. The molecule has 10 heteroatoms. The normalized spacial score (nSPS) is 12.0. The van der Waals surface area contributed by atoms with E-state index in [1.807, 2.05) is 0 Å². The first-order valence-corrected chi connectivity index (χ1v) is 8.60. The van der Waals surface area contributed by atoms with Crippen LogP contribution in [0, 0.1) is 0 Å². The molecular weight excluding hydrogens is 346 g/mol. The van der Waals surface area contributed by atoms with Crippen LogP contribution in [0.1, 0.15) is 5.56 Å². The summed E-state index contributed by atoms with van der Waals surface area (Å²) in [4.78, 5) is 14.3. The summed E-state index contributed by atoms with van der Waals surface area (Å²) in [6, 6.07) is 12.8. The Hall–Kier alpha value is -2.91. The predicted octanol–water partition coefficient (Wildman–Crippen LogP) is 2.02. The van der Waals surface area contributed by atoms with Crippen molar-refractivity contribution in [3.8, 4) is 0 Å². The summed E-state index contributed by atoms with van der Waals surface area (Å²) in [5.41, 5.74) is 10.8. The average molecular weight is 361 g/mol. The van der Waals surface area contributed by atoms with E-state index in [0.717, 1.165) is 5.56 Å². The molecule has 0 saturated carbocycles. The Morgan fingerprint density at radius 2 is 1.80 bits per heavy atom. The van der Waals surface area contributed by atoms with E-state index in [0.29, 0.717) is 0 Å². The molecule has 3 N–H and O–H groups in total. The molecule has 0 bridgehead atoms. The molecular formula is C15H15N5O4S. The molecule has 0 saturated heterocycles. The summed E-state index contributed by atoms with van der Waals surface area (Å²) in [7, 11) is -4.02. The van der Waals surface area contributed by atoms with Gasteiger partial charge in [0, 0.05) is 10.6 Å². The molecule has 9 nitrogen and oxygen atoms in total. The van der Waals surface area contributed by atoms with E-state index in [4.69, 9.17) is 10.7 Å². The molecule has 0 radical (unpaired) electrons. The number of hydroxylamine groups is 1. The van der Waals surface area contributed by atoms with Crippen molar-refractivity contribution in [1.82, 2.24) is 10.2 Å². The molecule has 1 atom stereocenters. The maximum atomic E-state index is 12.4. The van der Waals surface area contributed by atoms with Gasteiger partial charge in [0.2, 0.25) is 10.0 Å². The minimum absolute atomic E-state index is 0.0588. The van der Waals surface area contributed by atoms with E-state index < -0.39 is 22.0 Å². The van der Waals surface area contributed by atoms with Gasteiger partial charge in [0.15, 0.2) is 0 Å². The Kier molecular flexibility index (Phi) is 6.09. The van der Waals surface area contributed by atoms with Crippen LogP contribution in [0.4, 0.5) is 5.69 Å². The molecule has 0 heterocycles. The zero-order chi connectivity index (χ0) is 18.3. The molecule has 2 aromatic carbocycles. The van der Waals surface area contributed by atoms with Gasteiger partial charge in [-0.1, -0.05) is 47.6 Å². The largest absolute Gasteiger partial charge is 0.289 e. The molecule has 0 spiro atoms. The van der Waals surface area contributed by atoms with E-state index in [2.05, 4.69) is 14.7 Å². The minimum atomic E-state index is -4.02. The van der Waals surface area contributed by atoms with E-state index in [-0.39, 0.29) is 17.0 Å². The van der Waals surface area contributed by atoms with Gasteiger partial charge in [0.05, 0.1) is 4.90 Å². The first kappa shape index (κ1) is 18.4. The van der Waals surface area contributed by atoms with Crippen LogP contribution in [0.25, 0.3) is 10.4 Å². The lowest BCUT2D eigenvalue weighted by atomic mass is 10.1. The lowest BCUT2D eigenvalue weighted by Crippen LogP contribution is -2.47. The van der Waals surface area contributed by atoms with Crippen molar-refractivity contribution in [2.45, 2.75) is 17.4 Å². The molecule has 2 aromatic rings. The number of carbonyl (C=O) groups is 1. The van der Waals surface area contributed by atoms with Gasteiger partial charge in [-0.25, -0.2) is 13.9 Å². The number of hydrogen-bond acceptors (Lipinski definition) is 5. The highest BCUT2D eigenvalue weighted by Crippen LogP contribution is 2.17. The Morgan fingerprint density at radius 3 is 2.36 bits per heavy atom. The van der Waals surface area contributed by atoms with Gasteiger partial charge < -0.3 is 0 Å². The molecule has 130 valence electrons. The molecule has 1 amide bonds. The van der Waals surface area contributed by atoms with Crippen molar-refractivity contribution in [1.29, 1.82) is 0 Å². The molecule has 0 aromatic heterocycles. The summed E-state index contributed by atoms with van der Waals surface area (Å²) in [5, 5.41) is 12.2. The topological polar surface area (TPSA) is 144 Å². The summed E-state index contributed by atoms with van der Waals surface area (Å²) in [6.07, 6.45) is 0.0588. The van der Waals surface area contributed by atoms with Gasteiger partial charge in [-0.15, -0.1) is 0 Å². The third-order valence-corrected chi connectivity index (χ3v) is 4.80. The Labute approximate surface area is 143 Å². The SMILES string of the molecule is [N-]=[N+]=Nc1ccc(S(=O)(=O)NC(Cc2ccccc2)C(=O)NO)cc1. The Balaban J connectivity index is 2.23. The van der Waals surface area contributed by atoms with Gasteiger partial charge in [-0.05, 0) is 29.6 Å². The van der Waals surface area contributed by atoms with Crippen LogP contribution in [-0.2, 0) is 21.2 Å². The number of sulfonamides is 1. The van der Waals surface area contributed by atoms with Crippen molar-refractivity contribution >= 4 is 21.6 Å². The number of hydrogen-bond donors (Lipinski definition) is 3. The van der Waals surface area contributed by atoms with Crippen molar-refractivity contribution in [3.63, 3.8) is 0 Å². The molecule has 0 aliphatic carbocycles. The first-order valence-electron chi connectivity index (χ1n) is 7.11. The Morgan fingerprint density at radius 1 is 1.16 bits per heavy atom. The van der Waals surface area contributed by atoms with Gasteiger partial charge in [-0.2, -0.15) is 4.72 Å². The van der Waals surface area contributed by atoms with Crippen LogP contribution in [0.15, 0.2) is 64.6 Å². The summed E-state index contributed by atoms with van der Waals surface area (Å²) >= 11 is 0. The molecule has 2 rings (SSSR count). The quantitative estimate of drug-likeness (QED) is 0.228. The lowest BCUT2D eigenvalue weighted by Gasteiger charge is -2.17. The van der Waals surface area contributed by atoms with Crippen LogP contribution in [0.5, 0.6) is 0 Å². The molecule has 0 aliphatic rings. The number of azide groups is 1. The summed E-state index contributed by atoms with van der Waals surface area (Å²) in [5.74, 6) is -0.877. The second kappa shape index (κ2) is 8.27. The van der Waals surface area contributed by atoms with E-state index in [1.165, 1.54) is 29.7 Å². The second-order valence-corrected chi connectivity index (χ2v) is 6.74. The van der Waals surface area contributed by atoms with Crippen LogP contribution >= 0.6 is 0 Å². The van der Waals surface area contributed by atoms with Crippen molar-refractivity contribution in [2.24, 2.45) is 5.11 Å². The number of rotatable bonds is 7. The van der Waals surface area contributed by atoms with Gasteiger partial charge in [-0.3, -0.25) is 10.0 Å². The highest BCUT2D eigenvalue weighted by Gasteiger charge is 2.25. The monoisotopic (exact) mass is 361 g/mol. The van der Waals surface area contributed by atoms with Crippen LogP contribution < -0.4 is 10.2 Å². The highest BCUT2D eigenvalue weighted by molar-refractivity contribution is 7.89.